The zero-order chi connectivity index (χ0) is 18.6. The number of nitrogens with zero attached hydrogens (tertiary/aromatic N) is 6. The zero-order valence-electron chi connectivity index (χ0n) is 14.6. The first-order valence-corrected chi connectivity index (χ1v) is 8.39. The number of hydrogen-bond acceptors (Lipinski definition) is 5. The number of carbonyl (C=O) groups excluding carboxylic acids is 1. The smallest absolute Gasteiger partial charge is 0.277 e. The minimum atomic E-state index is -0.310. The fourth-order valence-electron chi connectivity index (χ4n) is 2.77. The van der Waals surface area contributed by atoms with Crippen molar-refractivity contribution in [3.05, 3.63) is 78.4 Å². The molecule has 0 spiro atoms. The Hall–Kier alpha value is -3.81. The third-order valence-corrected chi connectivity index (χ3v) is 4.07. The Morgan fingerprint density at radius 3 is 2.63 bits per heavy atom. The third-order valence-electron chi connectivity index (χ3n) is 4.07. The van der Waals surface area contributed by atoms with Crippen LogP contribution in [0.2, 0.25) is 0 Å². The number of aromatic nitrogens is 6. The van der Waals surface area contributed by atoms with E-state index in [4.69, 9.17) is 0 Å². The van der Waals surface area contributed by atoms with Crippen LogP contribution in [0.15, 0.2) is 67.1 Å². The molecule has 8 heteroatoms. The van der Waals surface area contributed by atoms with E-state index in [0.717, 1.165) is 11.1 Å². The Labute approximate surface area is 155 Å². The van der Waals surface area contributed by atoms with Crippen LogP contribution in [-0.2, 0) is 13.6 Å². The van der Waals surface area contributed by atoms with Gasteiger partial charge < -0.3 is 5.32 Å². The summed E-state index contributed by atoms with van der Waals surface area (Å²) in [5, 5.41) is 15.3. The Kier molecular flexibility index (Phi) is 4.44. The molecule has 4 aromatic rings. The molecule has 0 fully saturated rings. The Balaban J connectivity index is 1.53. The summed E-state index contributed by atoms with van der Waals surface area (Å²) in [6.07, 6.45) is 5.29. The number of benzene rings is 1. The van der Waals surface area contributed by atoms with Gasteiger partial charge in [-0.25, -0.2) is 4.68 Å². The van der Waals surface area contributed by atoms with Crippen LogP contribution in [0.4, 0.5) is 5.82 Å². The summed E-state index contributed by atoms with van der Waals surface area (Å²) in [4.78, 5) is 16.8. The Morgan fingerprint density at radius 1 is 1.07 bits per heavy atom. The van der Waals surface area contributed by atoms with Crippen LogP contribution in [0.3, 0.4) is 0 Å². The van der Waals surface area contributed by atoms with E-state index in [0.29, 0.717) is 23.8 Å². The van der Waals surface area contributed by atoms with Gasteiger partial charge in [-0.15, -0.1) is 5.10 Å². The van der Waals surface area contributed by atoms with Crippen molar-refractivity contribution in [3.8, 4) is 11.3 Å². The zero-order valence-corrected chi connectivity index (χ0v) is 14.6. The maximum absolute atomic E-state index is 12.8. The van der Waals surface area contributed by atoms with Crippen molar-refractivity contribution in [2.24, 2.45) is 7.05 Å². The van der Waals surface area contributed by atoms with Crippen molar-refractivity contribution in [2.75, 3.05) is 5.32 Å². The fraction of sp³-hybridized carbons (Fsp3) is 0.105. The van der Waals surface area contributed by atoms with Crippen LogP contribution >= 0.6 is 0 Å². The molecule has 1 amide bonds. The second kappa shape index (κ2) is 7.20. The van der Waals surface area contributed by atoms with E-state index in [1.807, 2.05) is 48.7 Å². The standard InChI is InChI=1S/C19H17N7O/c1-25-18(17(22-24-25)15-5-3-2-4-6-15)19(27)21-16-9-12-26(23-16)13-14-7-10-20-11-8-14/h2-12H,13H2,1H3,(H,21,23,27). The molecule has 0 bridgehead atoms. The molecule has 0 saturated heterocycles. The number of pyridine rings is 1. The Morgan fingerprint density at radius 2 is 1.85 bits per heavy atom. The van der Waals surface area contributed by atoms with E-state index < -0.39 is 0 Å². The number of rotatable bonds is 5. The quantitative estimate of drug-likeness (QED) is 0.591. The number of anilines is 1. The molecule has 0 aliphatic carbocycles. The van der Waals surface area contributed by atoms with Crippen molar-refractivity contribution < 1.29 is 4.79 Å². The van der Waals surface area contributed by atoms with Gasteiger partial charge in [0.15, 0.2) is 11.5 Å². The number of hydrogen-bond donors (Lipinski definition) is 1. The lowest BCUT2D eigenvalue weighted by Crippen LogP contribution is -2.17. The molecular weight excluding hydrogens is 342 g/mol. The first-order valence-electron chi connectivity index (χ1n) is 8.39. The number of carbonyl (C=O) groups is 1. The molecule has 27 heavy (non-hydrogen) atoms. The van der Waals surface area contributed by atoms with E-state index >= 15 is 0 Å². The molecule has 3 heterocycles. The van der Waals surface area contributed by atoms with E-state index in [2.05, 4.69) is 25.7 Å². The van der Waals surface area contributed by atoms with Gasteiger partial charge in [-0.1, -0.05) is 35.5 Å². The van der Waals surface area contributed by atoms with Gasteiger partial charge in [0.05, 0.1) is 6.54 Å². The molecule has 1 aromatic carbocycles. The lowest BCUT2D eigenvalue weighted by molar-refractivity contribution is 0.101. The summed E-state index contributed by atoms with van der Waals surface area (Å²) in [6, 6.07) is 15.1. The van der Waals surface area contributed by atoms with Gasteiger partial charge in [0.25, 0.3) is 5.91 Å². The van der Waals surface area contributed by atoms with Gasteiger partial charge >= 0.3 is 0 Å². The highest BCUT2D eigenvalue weighted by molar-refractivity contribution is 6.06. The Bertz CT molecular complexity index is 1050. The van der Waals surface area contributed by atoms with Crippen molar-refractivity contribution in [3.63, 3.8) is 0 Å². The first-order chi connectivity index (χ1) is 13.2. The minimum Gasteiger partial charge on any atom is -0.304 e. The topological polar surface area (TPSA) is 90.5 Å². The highest BCUT2D eigenvalue weighted by Crippen LogP contribution is 2.21. The number of aryl methyl sites for hydroxylation is 1. The van der Waals surface area contributed by atoms with Crippen molar-refractivity contribution in [1.82, 2.24) is 29.8 Å². The monoisotopic (exact) mass is 359 g/mol. The van der Waals surface area contributed by atoms with Gasteiger partial charge in [0.2, 0.25) is 0 Å². The second-order valence-electron chi connectivity index (χ2n) is 5.98. The highest BCUT2D eigenvalue weighted by Gasteiger charge is 2.20. The molecule has 0 atom stereocenters. The average molecular weight is 359 g/mol. The summed E-state index contributed by atoms with van der Waals surface area (Å²) < 4.78 is 3.22. The lowest BCUT2D eigenvalue weighted by atomic mass is 10.1. The van der Waals surface area contributed by atoms with Crippen LogP contribution in [-0.4, -0.2) is 35.7 Å². The molecule has 0 unspecified atom stereocenters. The number of amides is 1. The second-order valence-corrected chi connectivity index (χ2v) is 5.98. The van der Waals surface area contributed by atoms with Crippen LogP contribution < -0.4 is 5.32 Å². The fourth-order valence-corrected chi connectivity index (χ4v) is 2.77. The van der Waals surface area contributed by atoms with Gasteiger partial charge in [-0.3, -0.25) is 14.5 Å². The molecule has 0 aliphatic heterocycles. The molecule has 4 rings (SSSR count). The maximum Gasteiger partial charge on any atom is 0.277 e. The molecule has 0 radical (unpaired) electrons. The molecule has 0 saturated carbocycles. The van der Waals surface area contributed by atoms with Crippen LogP contribution in [0.25, 0.3) is 11.3 Å². The SMILES string of the molecule is Cn1nnc(-c2ccccc2)c1C(=O)Nc1ccn(Cc2ccncc2)n1. The van der Waals surface area contributed by atoms with E-state index in [9.17, 15) is 4.79 Å². The predicted octanol–water partition coefficient (Wildman–Crippen LogP) is 2.37. The van der Waals surface area contributed by atoms with Crippen molar-refractivity contribution in [2.45, 2.75) is 6.54 Å². The molecular formula is C19H17N7O. The molecule has 3 aromatic heterocycles. The van der Waals surface area contributed by atoms with Gasteiger partial charge in [-0.2, -0.15) is 5.10 Å². The van der Waals surface area contributed by atoms with Crippen molar-refractivity contribution >= 4 is 11.7 Å². The molecule has 8 nitrogen and oxygen atoms in total. The van der Waals surface area contributed by atoms with Gasteiger partial charge in [0.1, 0.15) is 5.69 Å². The van der Waals surface area contributed by atoms with E-state index in [1.165, 1.54) is 4.68 Å². The molecule has 1 N–H and O–H groups in total. The summed E-state index contributed by atoms with van der Waals surface area (Å²) in [5.74, 6) is 0.157. The summed E-state index contributed by atoms with van der Waals surface area (Å²) in [7, 11) is 1.69. The van der Waals surface area contributed by atoms with Gasteiger partial charge in [-0.05, 0) is 17.7 Å². The normalized spacial score (nSPS) is 10.7. The predicted molar refractivity (Wildman–Crippen MR) is 100.0 cm³/mol. The largest absolute Gasteiger partial charge is 0.304 e. The summed E-state index contributed by atoms with van der Waals surface area (Å²) >= 11 is 0. The molecule has 134 valence electrons. The van der Waals surface area contributed by atoms with Crippen molar-refractivity contribution in [1.29, 1.82) is 0 Å². The van der Waals surface area contributed by atoms with E-state index in [1.54, 1.807) is 30.2 Å². The maximum atomic E-state index is 12.8. The number of nitrogens with one attached hydrogen (secondary N) is 1. The molecule has 0 aliphatic rings. The van der Waals surface area contributed by atoms with Crippen LogP contribution in [0.5, 0.6) is 0 Å². The lowest BCUT2D eigenvalue weighted by Gasteiger charge is -2.05. The third kappa shape index (κ3) is 3.59. The first kappa shape index (κ1) is 16.6. The summed E-state index contributed by atoms with van der Waals surface area (Å²) in [5.41, 5.74) is 2.82. The van der Waals surface area contributed by atoms with E-state index in [-0.39, 0.29) is 5.91 Å². The van der Waals surface area contributed by atoms with Gasteiger partial charge in [0, 0.05) is 37.3 Å². The minimum absolute atomic E-state index is 0.310. The highest BCUT2D eigenvalue weighted by atomic mass is 16.2. The van der Waals surface area contributed by atoms with Crippen LogP contribution in [0, 0.1) is 0 Å². The summed E-state index contributed by atoms with van der Waals surface area (Å²) in [6.45, 7) is 0.598. The average Bonchev–Trinajstić information content (AvgIpc) is 3.29. The van der Waals surface area contributed by atoms with Crippen LogP contribution in [0.1, 0.15) is 16.1 Å².